The predicted octanol–water partition coefficient (Wildman–Crippen LogP) is 3.74. The molecular formula is C20H26N2O5S. The standard InChI is InChI=1S/C20H26N2O5S/c1-20(2,3)13-28(24,25)22-16-9-7-6-8-15(16)19(23)21-17-11-10-14(26-4)12-18(17)27-5/h6-12,22H,13H2,1-5H3,(H,21,23). The number of rotatable bonds is 7. The van der Waals surface area contributed by atoms with Gasteiger partial charge in [-0.1, -0.05) is 32.9 Å². The van der Waals surface area contributed by atoms with Crippen LogP contribution in [0.5, 0.6) is 11.5 Å². The maximum Gasteiger partial charge on any atom is 0.257 e. The molecule has 0 aromatic heterocycles. The van der Waals surface area contributed by atoms with Crippen LogP contribution in [0.4, 0.5) is 11.4 Å². The van der Waals surface area contributed by atoms with Crippen LogP contribution in [0, 0.1) is 5.41 Å². The fraction of sp³-hybridized carbons (Fsp3) is 0.350. The number of carbonyl (C=O) groups excluding carboxylic acids is 1. The third kappa shape index (κ3) is 5.88. The maximum absolute atomic E-state index is 12.8. The van der Waals surface area contributed by atoms with Crippen LogP contribution >= 0.6 is 0 Å². The zero-order valence-corrected chi connectivity index (χ0v) is 17.5. The van der Waals surface area contributed by atoms with E-state index in [-0.39, 0.29) is 17.0 Å². The lowest BCUT2D eigenvalue weighted by molar-refractivity contribution is 0.102. The second-order valence-corrected chi connectivity index (χ2v) is 9.21. The molecule has 0 fully saturated rings. The number of methoxy groups -OCH3 is 2. The topological polar surface area (TPSA) is 93.7 Å². The van der Waals surface area contributed by atoms with Gasteiger partial charge >= 0.3 is 0 Å². The fourth-order valence-corrected chi connectivity index (χ4v) is 4.36. The molecule has 1 amide bonds. The van der Waals surface area contributed by atoms with E-state index in [1.807, 2.05) is 20.8 Å². The number of anilines is 2. The van der Waals surface area contributed by atoms with Crippen LogP contribution in [-0.2, 0) is 10.0 Å². The normalized spacial score (nSPS) is 11.6. The number of para-hydroxylation sites is 1. The van der Waals surface area contributed by atoms with Gasteiger partial charge in [0, 0.05) is 6.07 Å². The number of hydrogen-bond donors (Lipinski definition) is 2. The van der Waals surface area contributed by atoms with Crippen molar-refractivity contribution < 1.29 is 22.7 Å². The van der Waals surface area contributed by atoms with Crippen LogP contribution in [0.2, 0.25) is 0 Å². The molecular weight excluding hydrogens is 380 g/mol. The summed E-state index contributed by atoms with van der Waals surface area (Å²) in [6.45, 7) is 5.50. The molecule has 2 aromatic rings. The molecule has 0 aliphatic carbocycles. The van der Waals surface area contributed by atoms with Gasteiger partial charge in [-0.05, 0) is 29.7 Å². The molecule has 0 heterocycles. The first-order valence-corrected chi connectivity index (χ1v) is 10.3. The van der Waals surface area contributed by atoms with Gasteiger partial charge in [-0.2, -0.15) is 0 Å². The second kappa shape index (κ2) is 8.52. The number of nitrogens with one attached hydrogen (secondary N) is 2. The Morgan fingerprint density at radius 1 is 1.00 bits per heavy atom. The van der Waals surface area contributed by atoms with Gasteiger partial charge in [0.2, 0.25) is 10.0 Å². The Balaban J connectivity index is 2.28. The van der Waals surface area contributed by atoms with E-state index in [1.54, 1.807) is 42.5 Å². The number of sulfonamides is 1. The average molecular weight is 407 g/mol. The quantitative estimate of drug-likeness (QED) is 0.730. The van der Waals surface area contributed by atoms with Crippen molar-refractivity contribution in [1.29, 1.82) is 0 Å². The summed E-state index contributed by atoms with van der Waals surface area (Å²) in [5.41, 5.74) is 0.453. The van der Waals surface area contributed by atoms with Crippen LogP contribution in [0.25, 0.3) is 0 Å². The zero-order valence-electron chi connectivity index (χ0n) is 16.7. The molecule has 2 N–H and O–H groups in total. The molecule has 152 valence electrons. The van der Waals surface area contributed by atoms with E-state index >= 15 is 0 Å². The van der Waals surface area contributed by atoms with E-state index in [2.05, 4.69) is 10.0 Å². The highest BCUT2D eigenvalue weighted by Crippen LogP contribution is 2.30. The highest BCUT2D eigenvalue weighted by atomic mass is 32.2. The van der Waals surface area contributed by atoms with Crippen LogP contribution in [0.1, 0.15) is 31.1 Å². The first-order valence-electron chi connectivity index (χ1n) is 8.67. The summed E-state index contributed by atoms with van der Waals surface area (Å²) >= 11 is 0. The van der Waals surface area contributed by atoms with E-state index in [9.17, 15) is 13.2 Å². The lowest BCUT2D eigenvalue weighted by atomic mass is 10.0. The summed E-state index contributed by atoms with van der Waals surface area (Å²) in [6.07, 6.45) is 0. The summed E-state index contributed by atoms with van der Waals surface area (Å²) in [4.78, 5) is 12.8. The van der Waals surface area contributed by atoms with Crippen molar-refractivity contribution in [2.45, 2.75) is 20.8 Å². The third-order valence-corrected chi connectivity index (χ3v) is 5.49. The fourth-order valence-electron chi connectivity index (χ4n) is 2.64. The molecule has 7 nitrogen and oxygen atoms in total. The number of ether oxygens (including phenoxy) is 2. The molecule has 8 heteroatoms. The Bertz CT molecular complexity index is 949. The smallest absolute Gasteiger partial charge is 0.257 e. The van der Waals surface area contributed by atoms with Gasteiger partial charge in [0.1, 0.15) is 11.5 Å². The summed E-state index contributed by atoms with van der Waals surface area (Å²) in [5, 5.41) is 2.75. The number of hydrogen-bond acceptors (Lipinski definition) is 5. The first kappa shape index (κ1) is 21.6. The molecule has 0 saturated carbocycles. The Hall–Kier alpha value is -2.74. The molecule has 0 aliphatic heterocycles. The monoisotopic (exact) mass is 406 g/mol. The van der Waals surface area contributed by atoms with Gasteiger partial charge in [0.25, 0.3) is 5.91 Å². The summed E-state index contributed by atoms with van der Waals surface area (Å²) in [5.74, 6) is 0.489. The molecule has 0 radical (unpaired) electrons. The summed E-state index contributed by atoms with van der Waals surface area (Å²) in [7, 11) is -0.594. The minimum Gasteiger partial charge on any atom is -0.497 e. The molecule has 0 unspecified atom stereocenters. The van der Waals surface area contributed by atoms with Gasteiger partial charge in [-0.15, -0.1) is 0 Å². The van der Waals surface area contributed by atoms with Crippen molar-refractivity contribution >= 4 is 27.3 Å². The molecule has 28 heavy (non-hydrogen) atoms. The van der Waals surface area contributed by atoms with Gasteiger partial charge < -0.3 is 14.8 Å². The number of benzene rings is 2. The van der Waals surface area contributed by atoms with Crippen molar-refractivity contribution in [3.05, 3.63) is 48.0 Å². The number of carbonyl (C=O) groups is 1. The van der Waals surface area contributed by atoms with E-state index in [4.69, 9.17) is 9.47 Å². The van der Waals surface area contributed by atoms with Crippen molar-refractivity contribution in [2.75, 3.05) is 30.0 Å². The number of amides is 1. The minimum atomic E-state index is -3.61. The maximum atomic E-state index is 12.8. The van der Waals surface area contributed by atoms with E-state index in [0.717, 1.165) is 0 Å². The SMILES string of the molecule is COc1ccc(NC(=O)c2ccccc2NS(=O)(=O)CC(C)(C)C)c(OC)c1. The average Bonchev–Trinajstić information content (AvgIpc) is 2.59. The minimum absolute atomic E-state index is 0.0672. The van der Waals surface area contributed by atoms with Crippen LogP contribution in [-0.4, -0.2) is 34.3 Å². The molecule has 0 aliphatic rings. The van der Waals surface area contributed by atoms with E-state index in [1.165, 1.54) is 14.2 Å². The molecule has 0 spiro atoms. The first-order chi connectivity index (χ1) is 13.0. The largest absolute Gasteiger partial charge is 0.497 e. The summed E-state index contributed by atoms with van der Waals surface area (Å²) in [6, 6.07) is 11.4. The van der Waals surface area contributed by atoms with Crippen molar-refractivity contribution in [1.82, 2.24) is 0 Å². The lowest BCUT2D eigenvalue weighted by Gasteiger charge is -2.20. The van der Waals surface area contributed by atoms with E-state index in [0.29, 0.717) is 17.2 Å². The van der Waals surface area contributed by atoms with E-state index < -0.39 is 21.3 Å². The van der Waals surface area contributed by atoms with Crippen LogP contribution in [0.15, 0.2) is 42.5 Å². The Labute approximate surface area is 166 Å². The van der Waals surface area contributed by atoms with Crippen molar-refractivity contribution in [3.8, 4) is 11.5 Å². The van der Waals surface area contributed by atoms with Gasteiger partial charge in [0.05, 0.1) is 36.9 Å². The van der Waals surface area contributed by atoms with Gasteiger partial charge in [-0.25, -0.2) is 8.42 Å². The second-order valence-electron chi connectivity index (χ2n) is 7.49. The Morgan fingerprint density at radius 3 is 2.29 bits per heavy atom. The lowest BCUT2D eigenvalue weighted by Crippen LogP contribution is -2.27. The van der Waals surface area contributed by atoms with Crippen molar-refractivity contribution in [3.63, 3.8) is 0 Å². The highest BCUT2D eigenvalue weighted by molar-refractivity contribution is 7.92. The third-order valence-electron chi connectivity index (χ3n) is 3.72. The van der Waals surface area contributed by atoms with Gasteiger partial charge in [0.15, 0.2) is 0 Å². The zero-order chi connectivity index (χ0) is 20.9. The summed E-state index contributed by atoms with van der Waals surface area (Å²) < 4.78 is 37.8. The molecule has 0 atom stereocenters. The van der Waals surface area contributed by atoms with Crippen molar-refractivity contribution in [2.24, 2.45) is 5.41 Å². The Morgan fingerprint density at radius 2 is 1.68 bits per heavy atom. The van der Waals surface area contributed by atoms with Gasteiger partial charge in [-0.3, -0.25) is 9.52 Å². The van der Waals surface area contributed by atoms with Crippen LogP contribution < -0.4 is 19.5 Å². The predicted molar refractivity (Wildman–Crippen MR) is 111 cm³/mol. The molecule has 0 saturated heterocycles. The van der Waals surface area contributed by atoms with Crippen LogP contribution in [0.3, 0.4) is 0 Å². The highest BCUT2D eigenvalue weighted by Gasteiger charge is 2.23. The molecule has 2 rings (SSSR count). The molecule has 0 bridgehead atoms. The Kier molecular flexibility index (Phi) is 6.56. The molecule has 2 aromatic carbocycles.